The van der Waals surface area contributed by atoms with Gasteiger partial charge in [-0.25, -0.2) is 0 Å². The molecule has 0 spiro atoms. The SMILES string of the molecule is Nc1ccc(-c2nc(Cc3ccccc3Cl)no2)s1. The Bertz CT molecular complexity index is 707. The highest BCUT2D eigenvalue weighted by atomic mass is 35.5. The second kappa shape index (κ2) is 5.03. The molecular formula is C13H10ClN3OS. The van der Waals surface area contributed by atoms with Gasteiger partial charge in [0.1, 0.15) is 0 Å². The predicted molar refractivity (Wildman–Crippen MR) is 76.3 cm³/mol. The first kappa shape index (κ1) is 12.2. The predicted octanol–water partition coefficient (Wildman–Crippen LogP) is 3.62. The van der Waals surface area contributed by atoms with E-state index in [1.54, 1.807) is 0 Å². The largest absolute Gasteiger partial charge is 0.391 e. The zero-order valence-electron chi connectivity index (χ0n) is 9.84. The van der Waals surface area contributed by atoms with Gasteiger partial charge in [-0.2, -0.15) is 4.98 Å². The molecule has 0 fully saturated rings. The van der Waals surface area contributed by atoms with Crippen LogP contribution < -0.4 is 5.73 Å². The first-order chi connectivity index (χ1) is 9.22. The molecule has 0 saturated carbocycles. The van der Waals surface area contributed by atoms with Crippen LogP contribution in [0, 0.1) is 0 Å². The zero-order chi connectivity index (χ0) is 13.2. The lowest BCUT2D eigenvalue weighted by atomic mass is 10.1. The summed E-state index contributed by atoms with van der Waals surface area (Å²) >= 11 is 7.52. The van der Waals surface area contributed by atoms with Crippen LogP contribution in [0.1, 0.15) is 11.4 Å². The minimum atomic E-state index is 0.490. The minimum absolute atomic E-state index is 0.490. The van der Waals surface area contributed by atoms with Crippen LogP contribution in [-0.2, 0) is 6.42 Å². The second-order valence-corrected chi connectivity index (χ2v) is 5.51. The van der Waals surface area contributed by atoms with Crippen LogP contribution in [0.3, 0.4) is 0 Å². The van der Waals surface area contributed by atoms with E-state index in [1.807, 2.05) is 36.4 Å². The van der Waals surface area contributed by atoms with Gasteiger partial charge in [0.25, 0.3) is 5.89 Å². The summed E-state index contributed by atoms with van der Waals surface area (Å²) in [5.74, 6) is 1.10. The molecule has 0 aliphatic heterocycles. The quantitative estimate of drug-likeness (QED) is 0.800. The fraction of sp³-hybridized carbons (Fsp3) is 0.0769. The van der Waals surface area contributed by atoms with E-state index in [2.05, 4.69) is 10.1 Å². The number of rotatable bonds is 3. The monoisotopic (exact) mass is 291 g/mol. The van der Waals surface area contributed by atoms with Crippen LogP contribution in [-0.4, -0.2) is 10.1 Å². The summed E-state index contributed by atoms with van der Waals surface area (Å²) in [6, 6.07) is 11.3. The third-order valence-electron chi connectivity index (χ3n) is 2.61. The Balaban J connectivity index is 1.84. The van der Waals surface area contributed by atoms with Crippen molar-refractivity contribution in [2.75, 3.05) is 5.73 Å². The third kappa shape index (κ3) is 2.62. The highest BCUT2D eigenvalue weighted by Crippen LogP contribution is 2.28. The molecule has 6 heteroatoms. The average Bonchev–Trinajstić information content (AvgIpc) is 3.01. The Labute approximate surface area is 118 Å². The Morgan fingerprint density at radius 2 is 2.05 bits per heavy atom. The van der Waals surface area contributed by atoms with Crippen molar-refractivity contribution >= 4 is 27.9 Å². The highest BCUT2D eigenvalue weighted by molar-refractivity contribution is 7.19. The van der Waals surface area contributed by atoms with Gasteiger partial charge in [-0.3, -0.25) is 0 Å². The number of nitrogen functional groups attached to an aromatic ring is 1. The van der Waals surface area contributed by atoms with Gasteiger partial charge in [-0.1, -0.05) is 35.0 Å². The van der Waals surface area contributed by atoms with E-state index in [4.69, 9.17) is 21.9 Å². The van der Waals surface area contributed by atoms with E-state index >= 15 is 0 Å². The molecule has 0 amide bonds. The van der Waals surface area contributed by atoms with Crippen molar-refractivity contribution in [3.63, 3.8) is 0 Å². The van der Waals surface area contributed by atoms with Gasteiger partial charge in [-0.05, 0) is 23.8 Å². The number of hydrogen-bond acceptors (Lipinski definition) is 5. The van der Waals surface area contributed by atoms with Crippen molar-refractivity contribution < 1.29 is 4.52 Å². The van der Waals surface area contributed by atoms with Crippen molar-refractivity contribution in [2.24, 2.45) is 0 Å². The van der Waals surface area contributed by atoms with E-state index in [9.17, 15) is 0 Å². The third-order valence-corrected chi connectivity index (χ3v) is 3.88. The number of thiophene rings is 1. The molecule has 19 heavy (non-hydrogen) atoms. The topological polar surface area (TPSA) is 64.9 Å². The van der Waals surface area contributed by atoms with Crippen LogP contribution in [0.25, 0.3) is 10.8 Å². The van der Waals surface area contributed by atoms with E-state index in [1.165, 1.54) is 11.3 Å². The summed E-state index contributed by atoms with van der Waals surface area (Å²) in [6.45, 7) is 0. The number of nitrogens with zero attached hydrogens (tertiary/aromatic N) is 2. The lowest BCUT2D eigenvalue weighted by Crippen LogP contribution is -1.91. The van der Waals surface area contributed by atoms with Gasteiger partial charge in [0.05, 0.1) is 9.88 Å². The number of halogens is 1. The Morgan fingerprint density at radius 1 is 1.21 bits per heavy atom. The molecule has 0 radical (unpaired) electrons. The minimum Gasteiger partial charge on any atom is -0.391 e. The molecule has 2 N–H and O–H groups in total. The molecule has 0 saturated heterocycles. The molecule has 0 aliphatic rings. The summed E-state index contributed by atoms with van der Waals surface area (Å²) < 4.78 is 5.23. The first-order valence-electron chi connectivity index (χ1n) is 5.64. The Kier molecular flexibility index (Phi) is 3.23. The number of benzene rings is 1. The van der Waals surface area contributed by atoms with Crippen molar-refractivity contribution in [3.05, 3.63) is 52.8 Å². The fourth-order valence-corrected chi connectivity index (χ4v) is 2.60. The van der Waals surface area contributed by atoms with Gasteiger partial charge >= 0.3 is 0 Å². The highest BCUT2D eigenvalue weighted by Gasteiger charge is 2.12. The number of hydrogen-bond donors (Lipinski definition) is 1. The molecule has 3 aromatic rings. The molecule has 0 atom stereocenters. The van der Waals surface area contributed by atoms with E-state index in [0.29, 0.717) is 23.2 Å². The summed E-state index contributed by atoms with van der Waals surface area (Å²) in [5.41, 5.74) is 6.65. The molecule has 1 aromatic carbocycles. The maximum Gasteiger partial charge on any atom is 0.268 e. The van der Waals surface area contributed by atoms with E-state index in [-0.39, 0.29) is 0 Å². The zero-order valence-corrected chi connectivity index (χ0v) is 11.4. The summed E-state index contributed by atoms with van der Waals surface area (Å²) in [5, 5.41) is 5.39. The lowest BCUT2D eigenvalue weighted by molar-refractivity contribution is 0.425. The average molecular weight is 292 g/mol. The molecule has 0 aliphatic carbocycles. The normalized spacial score (nSPS) is 10.8. The summed E-state index contributed by atoms with van der Waals surface area (Å²) in [6.07, 6.45) is 0.546. The molecule has 2 aromatic heterocycles. The van der Waals surface area contributed by atoms with Crippen LogP contribution in [0.15, 0.2) is 40.9 Å². The molecule has 96 valence electrons. The number of nitrogens with two attached hydrogens (primary N) is 1. The molecule has 0 unspecified atom stereocenters. The van der Waals surface area contributed by atoms with Crippen LogP contribution in [0.5, 0.6) is 0 Å². The number of aromatic nitrogens is 2. The fourth-order valence-electron chi connectivity index (χ4n) is 1.71. The van der Waals surface area contributed by atoms with Gasteiger partial charge in [0.2, 0.25) is 0 Å². The van der Waals surface area contributed by atoms with Crippen LogP contribution in [0.4, 0.5) is 5.00 Å². The molecule has 3 rings (SSSR count). The van der Waals surface area contributed by atoms with Crippen molar-refractivity contribution in [2.45, 2.75) is 6.42 Å². The maximum absolute atomic E-state index is 6.10. The van der Waals surface area contributed by atoms with Crippen molar-refractivity contribution in [3.8, 4) is 10.8 Å². The van der Waals surface area contributed by atoms with Crippen LogP contribution in [0.2, 0.25) is 5.02 Å². The first-order valence-corrected chi connectivity index (χ1v) is 6.83. The van der Waals surface area contributed by atoms with Gasteiger partial charge in [0, 0.05) is 11.4 Å². The second-order valence-electron chi connectivity index (χ2n) is 3.99. The molecule has 2 heterocycles. The van der Waals surface area contributed by atoms with E-state index in [0.717, 1.165) is 15.4 Å². The molecule has 4 nitrogen and oxygen atoms in total. The molecular weight excluding hydrogens is 282 g/mol. The van der Waals surface area contributed by atoms with Crippen LogP contribution >= 0.6 is 22.9 Å². The van der Waals surface area contributed by atoms with Gasteiger partial charge in [-0.15, -0.1) is 11.3 Å². The lowest BCUT2D eigenvalue weighted by Gasteiger charge is -1.98. The van der Waals surface area contributed by atoms with E-state index < -0.39 is 0 Å². The Morgan fingerprint density at radius 3 is 2.79 bits per heavy atom. The Hall–Kier alpha value is -1.85. The standard InChI is InChI=1S/C13H10ClN3OS/c14-9-4-2-1-3-8(9)7-12-16-13(18-17-12)10-5-6-11(15)19-10/h1-6H,7,15H2. The number of anilines is 1. The van der Waals surface area contributed by atoms with Crippen molar-refractivity contribution in [1.29, 1.82) is 0 Å². The van der Waals surface area contributed by atoms with Crippen molar-refractivity contribution in [1.82, 2.24) is 10.1 Å². The smallest absolute Gasteiger partial charge is 0.268 e. The summed E-state index contributed by atoms with van der Waals surface area (Å²) in [7, 11) is 0. The van der Waals surface area contributed by atoms with Gasteiger partial charge in [0.15, 0.2) is 5.82 Å². The molecule has 0 bridgehead atoms. The maximum atomic E-state index is 6.10. The summed E-state index contributed by atoms with van der Waals surface area (Å²) in [4.78, 5) is 5.22. The van der Waals surface area contributed by atoms with Gasteiger partial charge < -0.3 is 10.3 Å².